The van der Waals surface area contributed by atoms with Gasteiger partial charge in [0.05, 0.1) is 7.11 Å². The predicted octanol–water partition coefficient (Wildman–Crippen LogP) is 6.07. The lowest BCUT2D eigenvalue weighted by Gasteiger charge is -2.39. The number of methoxy groups -OCH3 is 1. The monoisotopic (exact) mass is 426 g/mol. The maximum atomic E-state index is 5.41. The second kappa shape index (κ2) is 9.89. The van der Waals surface area contributed by atoms with Crippen LogP contribution in [-0.4, -0.2) is 35.5 Å². The molecule has 0 N–H and O–H groups in total. The molecule has 0 spiro atoms. The Morgan fingerprint density at radius 1 is 0.812 bits per heavy atom. The lowest BCUT2D eigenvalue weighted by molar-refractivity contribution is 0.0921. The highest BCUT2D eigenvalue weighted by atomic mass is 16.5. The molecule has 2 heterocycles. The normalized spacial score (nSPS) is 23.2. The van der Waals surface area contributed by atoms with E-state index in [0.29, 0.717) is 18.1 Å². The van der Waals surface area contributed by atoms with Gasteiger partial charge in [-0.3, -0.25) is 9.80 Å². The van der Waals surface area contributed by atoms with Gasteiger partial charge in [0.2, 0.25) is 0 Å². The van der Waals surface area contributed by atoms with Crippen LogP contribution in [0.4, 0.5) is 0 Å². The molecule has 3 atom stereocenters. The maximum Gasteiger partial charge on any atom is 0.118 e. The van der Waals surface area contributed by atoms with Gasteiger partial charge in [-0.05, 0) is 54.6 Å². The predicted molar refractivity (Wildman–Crippen MR) is 131 cm³/mol. The molecule has 0 aromatic heterocycles. The van der Waals surface area contributed by atoms with Crippen LogP contribution in [0.3, 0.4) is 0 Å². The van der Waals surface area contributed by atoms with Gasteiger partial charge < -0.3 is 4.74 Å². The smallest absolute Gasteiger partial charge is 0.118 e. The summed E-state index contributed by atoms with van der Waals surface area (Å²) in [6.07, 6.45) is 5.15. The van der Waals surface area contributed by atoms with E-state index in [1.165, 1.54) is 48.9 Å². The van der Waals surface area contributed by atoms with Gasteiger partial charge in [0.25, 0.3) is 0 Å². The molecule has 166 valence electrons. The van der Waals surface area contributed by atoms with Crippen molar-refractivity contribution in [3.8, 4) is 5.75 Å². The lowest BCUT2D eigenvalue weighted by Crippen LogP contribution is -2.46. The number of ether oxygens (including phenoxy) is 1. The first-order chi connectivity index (χ1) is 15.8. The third kappa shape index (κ3) is 4.60. The highest BCUT2D eigenvalue weighted by molar-refractivity contribution is 5.31. The van der Waals surface area contributed by atoms with Crippen molar-refractivity contribution in [1.29, 1.82) is 0 Å². The Bertz CT molecular complexity index is 932. The van der Waals surface area contributed by atoms with Crippen LogP contribution in [0.25, 0.3) is 0 Å². The van der Waals surface area contributed by atoms with Gasteiger partial charge in [-0.15, -0.1) is 0 Å². The number of benzene rings is 3. The highest BCUT2D eigenvalue weighted by Crippen LogP contribution is 2.43. The molecule has 0 aliphatic carbocycles. The summed E-state index contributed by atoms with van der Waals surface area (Å²) in [6.45, 7) is 3.21. The van der Waals surface area contributed by atoms with Gasteiger partial charge in [0, 0.05) is 31.2 Å². The van der Waals surface area contributed by atoms with Crippen LogP contribution < -0.4 is 4.74 Å². The van der Waals surface area contributed by atoms with E-state index in [0.717, 1.165) is 18.8 Å². The first-order valence-electron chi connectivity index (χ1n) is 12.0. The Morgan fingerprint density at radius 2 is 1.44 bits per heavy atom. The zero-order valence-electron chi connectivity index (χ0n) is 19.1. The summed E-state index contributed by atoms with van der Waals surface area (Å²) in [6, 6.07) is 32.4. The van der Waals surface area contributed by atoms with Gasteiger partial charge in [-0.2, -0.15) is 0 Å². The quantitative estimate of drug-likeness (QED) is 0.456. The van der Waals surface area contributed by atoms with Gasteiger partial charge in [-0.1, -0.05) is 79.2 Å². The first-order valence-corrected chi connectivity index (χ1v) is 12.0. The van der Waals surface area contributed by atoms with Crippen LogP contribution in [0, 0.1) is 0 Å². The number of rotatable bonds is 7. The first kappa shape index (κ1) is 21.2. The SMILES string of the molecule is COc1ccc(C2CC(N(Cc3ccccc3)Cc3ccccc3)C3CCCCN23)cc1. The van der Waals surface area contributed by atoms with Gasteiger partial charge in [0.15, 0.2) is 0 Å². The van der Waals surface area contributed by atoms with Crippen molar-refractivity contribution in [2.75, 3.05) is 13.7 Å². The summed E-state index contributed by atoms with van der Waals surface area (Å²) in [5.41, 5.74) is 4.23. The maximum absolute atomic E-state index is 5.41. The average Bonchev–Trinajstić information content (AvgIpc) is 3.25. The van der Waals surface area contributed by atoms with Crippen molar-refractivity contribution in [2.24, 2.45) is 0 Å². The minimum Gasteiger partial charge on any atom is -0.497 e. The third-order valence-corrected chi connectivity index (χ3v) is 7.33. The fraction of sp³-hybridized carbons (Fsp3) is 0.379. The molecule has 2 fully saturated rings. The van der Waals surface area contributed by atoms with E-state index in [9.17, 15) is 0 Å². The van der Waals surface area contributed by atoms with E-state index in [4.69, 9.17) is 4.74 Å². The van der Waals surface area contributed by atoms with Crippen LogP contribution in [0.5, 0.6) is 5.75 Å². The minimum atomic E-state index is 0.491. The highest BCUT2D eigenvalue weighted by Gasteiger charge is 2.45. The largest absolute Gasteiger partial charge is 0.497 e. The molecule has 3 heteroatoms. The molecule has 0 saturated carbocycles. The molecule has 3 aromatic carbocycles. The summed E-state index contributed by atoms with van der Waals surface area (Å²) in [7, 11) is 1.74. The van der Waals surface area contributed by atoms with Crippen molar-refractivity contribution >= 4 is 0 Å². The van der Waals surface area contributed by atoms with E-state index in [-0.39, 0.29) is 0 Å². The molecule has 3 unspecified atom stereocenters. The molecule has 2 saturated heterocycles. The van der Waals surface area contributed by atoms with E-state index < -0.39 is 0 Å². The fourth-order valence-electron chi connectivity index (χ4n) is 5.77. The van der Waals surface area contributed by atoms with Crippen LogP contribution in [0.1, 0.15) is 48.4 Å². The molecule has 3 nitrogen and oxygen atoms in total. The second-order valence-electron chi connectivity index (χ2n) is 9.27. The topological polar surface area (TPSA) is 15.7 Å². The average molecular weight is 427 g/mol. The number of fused-ring (bicyclic) bond motifs is 1. The van der Waals surface area contributed by atoms with E-state index in [2.05, 4.69) is 94.7 Å². The van der Waals surface area contributed by atoms with Crippen LogP contribution in [0.2, 0.25) is 0 Å². The molecule has 0 radical (unpaired) electrons. The van der Waals surface area contributed by atoms with Crippen molar-refractivity contribution < 1.29 is 4.74 Å². The van der Waals surface area contributed by atoms with E-state index in [1.54, 1.807) is 7.11 Å². The Morgan fingerprint density at radius 3 is 2.03 bits per heavy atom. The van der Waals surface area contributed by atoms with Gasteiger partial charge in [0.1, 0.15) is 5.75 Å². The minimum absolute atomic E-state index is 0.491. The molecule has 0 amide bonds. The molecule has 2 aliphatic rings. The van der Waals surface area contributed by atoms with Crippen molar-refractivity contribution in [2.45, 2.75) is 56.9 Å². The van der Waals surface area contributed by atoms with E-state index in [1.807, 2.05) is 0 Å². The van der Waals surface area contributed by atoms with Crippen molar-refractivity contribution in [3.05, 3.63) is 102 Å². The Balaban J connectivity index is 1.44. The molecular formula is C29H34N2O. The van der Waals surface area contributed by atoms with Crippen molar-refractivity contribution in [1.82, 2.24) is 9.80 Å². The van der Waals surface area contributed by atoms with Crippen LogP contribution >= 0.6 is 0 Å². The van der Waals surface area contributed by atoms with Gasteiger partial charge >= 0.3 is 0 Å². The summed E-state index contributed by atoms with van der Waals surface area (Å²) in [5.74, 6) is 0.938. The summed E-state index contributed by atoms with van der Waals surface area (Å²) in [4.78, 5) is 5.55. The number of piperidine rings is 1. The Hall–Kier alpha value is -2.62. The fourth-order valence-corrected chi connectivity index (χ4v) is 5.77. The zero-order valence-corrected chi connectivity index (χ0v) is 19.1. The number of hydrogen-bond donors (Lipinski definition) is 0. The summed E-state index contributed by atoms with van der Waals surface area (Å²) >= 11 is 0. The van der Waals surface area contributed by atoms with Crippen molar-refractivity contribution in [3.63, 3.8) is 0 Å². The summed E-state index contributed by atoms with van der Waals surface area (Å²) in [5, 5.41) is 0. The third-order valence-electron chi connectivity index (χ3n) is 7.33. The van der Waals surface area contributed by atoms with Crippen LogP contribution in [-0.2, 0) is 13.1 Å². The van der Waals surface area contributed by atoms with Crippen LogP contribution in [0.15, 0.2) is 84.9 Å². The number of hydrogen-bond acceptors (Lipinski definition) is 3. The second-order valence-corrected chi connectivity index (χ2v) is 9.27. The van der Waals surface area contributed by atoms with E-state index >= 15 is 0 Å². The Labute approximate surface area is 192 Å². The Kier molecular flexibility index (Phi) is 6.56. The van der Waals surface area contributed by atoms with Gasteiger partial charge in [-0.25, -0.2) is 0 Å². The lowest BCUT2D eigenvalue weighted by atomic mass is 9.96. The summed E-state index contributed by atoms with van der Waals surface area (Å²) < 4.78 is 5.41. The standard InChI is InChI=1S/C29H34N2O/c1-32-26-17-15-25(16-18-26)28-20-29(27-14-8-9-19-31(27)28)30(21-23-10-4-2-5-11-23)22-24-12-6-3-7-13-24/h2-7,10-13,15-18,27-29H,8-9,14,19-22H2,1H3. The molecule has 0 bridgehead atoms. The molecule has 2 aliphatic heterocycles. The zero-order chi connectivity index (χ0) is 21.8. The number of nitrogens with zero attached hydrogens (tertiary/aromatic N) is 2. The molecule has 5 rings (SSSR count). The molecule has 32 heavy (non-hydrogen) atoms. The molecule has 3 aromatic rings. The molecular weight excluding hydrogens is 392 g/mol.